The lowest BCUT2D eigenvalue weighted by Gasteiger charge is -2.15. The number of carboxylic acids is 1. The molecule has 3 nitrogen and oxygen atoms in total. The van der Waals surface area contributed by atoms with Crippen LogP contribution in [0.2, 0.25) is 0 Å². The number of aliphatic carboxylic acids is 1. The van der Waals surface area contributed by atoms with Gasteiger partial charge >= 0.3 is 5.97 Å². The molecule has 0 radical (unpaired) electrons. The van der Waals surface area contributed by atoms with Crippen LogP contribution >= 0.6 is 0 Å². The molecule has 106 valence electrons. The van der Waals surface area contributed by atoms with Gasteiger partial charge in [0.2, 0.25) is 5.92 Å². The van der Waals surface area contributed by atoms with Crippen molar-refractivity contribution in [3.63, 3.8) is 0 Å². The maximum absolute atomic E-state index is 12.7. The molecular formula is C14H18F2O3. The van der Waals surface area contributed by atoms with Crippen LogP contribution in [0.15, 0.2) is 30.3 Å². The molecule has 0 spiro atoms. The number of carbonyl (C=O) groups is 1. The van der Waals surface area contributed by atoms with Crippen LogP contribution in [0, 0.1) is 5.92 Å². The molecule has 0 unspecified atom stereocenters. The summed E-state index contributed by atoms with van der Waals surface area (Å²) in [5.74, 6) is -4.83. The minimum atomic E-state index is -2.84. The first-order valence-corrected chi connectivity index (χ1v) is 6.11. The van der Waals surface area contributed by atoms with E-state index in [0.29, 0.717) is 0 Å². The lowest BCUT2D eigenvalue weighted by Crippen LogP contribution is -2.22. The zero-order chi connectivity index (χ0) is 14.3. The number of hydrogen-bond donors (Lipinski definition) is 1. The van der Waals surface area contributed by atoms with Crippen molar-refractivity contribution in [1.82, 2.24) is 0 Å². The topological polar surface area (TPSA) is 46.5 Å². The van der Waals surface area contributed by atoms with Crippen molar-refractivity contribution in [3.05, 3.63) is 35.9 Å². The molecule has 1 rings (SSSR count). The van der Waals surface area contributed by atoms with Gasteiger partial charge in [0.25, 0.3) is 0 Å². The summed E-state index contributed by atoms with van der Waals surface area (Å²) in [4.78, 5) is 10.9. The van der Waals surface area contributed by atoms with Crippen LogP contribution in [0.3, 0.4) is 0 Å². The summed E-state index contributed by atoms with van der Waals surface area (Å²) in [6.07, 6.45) is -0.535. The molecule has 0 aromatic heterocycles. The lowest BCUT2D eigenvalue weighted by atomic mass is 10.0. The largest absolute Gasteiger partial charge is 0.481 e. The molecule has 0 saturated carbocycles. The molecule has 0 saturated heterocycles. The van der Waals surface area contributed by atoms with Gasteiger partial charge in [-0.3, -0.25) is 4.79 Å². The smallest absolute Gasteiger partial charge is 0.308 e. The van der Waals surface area contributed by atoms with E-state index >= 15 is 0 Å². The Morgan fingerprint density at radius 3 is 2.53 bits per heavy atom. The zero-order valence-corrected chi connectivity index (χ0v) is 10.8. The fourth-order valence-electron chi connectivity index (χ4n) is 1.60. The van der Waals surface area contributed by atoms with Gasteiger partial charge in [-0.15, -0.1) is 0 Å². The van der Waals surface area contributed by atoms with Gasteiger partial charge in [-0.2, -0.15) is 0 Å². The quantitative estimate of drug-likeness (QED) is 0.789. The van der Waals surface area contributed by atoms with Gasteiger partial charge < -0.3 is 9.84 Å². The summed E-state index contributed by atoms with van der Waals surface area (Å²) in [6, 6.07) is 9.29. The molecule has 0 bridgehead atoms. The van der Waals surface area contributed by atoms with E-state index in [1.165, 1.54) is 0 Å². The molecular weight excluding hydrogens is 254 g/mol. The van der Waals surface area contributed by atoms with Crippen LogP contribution in [0.4, 0.5) is 8.78 Å². The second-order valence-electron chi connectivity index (χ2n) is 4.64. The van der Waals surface area contributed by atoms with Gasteiger partial charge in [-0.05, 0) is 18.9 Å². The maximum atomic E-state index is 12.7. The molecule has 1 aromatic rings. The number of hydrogen-bond acceptors (Lipinski definition) is 2. The van der Waals surface area contributed by atoms with Crippen LogP contribution in [-0.4, -0.2) is 23.6 Å². The van der Waals surface area contributed by atoms with E-state index in [0.717, 1.165) is 12.5 Å². The fourth-order valence-corrected chi connectivity index (χ4v) is 1.60. The predicted octanol–water partition coefficient (Wildman–Crippen LogP) is 3.34. The van der Waals surface area contributed by atoms with Crippen LogP contribution in [0.5, 0.6) is 0 Å². The third-order valence-electron chi connectivity index (χ3n) is 2.71. The highest BCUT2D eigenvalue weighted by atomic mass is 19.3. The Morgan fingerprint density at radius 1 is 1.37 bits per heavy atom. The van der Waals surface area contributed by atoms with Gasteiger partial charge in [-0.1, -0.05) is 30.3 Å². The summed E-state index contributed by atoms with van der Waals surface area (Å²) in [7, 11) is 0. The summed E-state index contributed by atoms with van der Waals surface area (Å²) >= 11 is 0. The lowest BCUT2D eigenvalue weighted by molar-refractivity contribution is -0.145. The molecule has 0 amide bonds. The Labute approximate surface area is 111 Å². The molecule has 1 aromatic carbocycles. The highest BCUT2D eigenvalue weighted by molar-refractivity contribution is 5.70. The summed E-state index contributed by atoms with van der Waals surface area (Å²) in [5, 5.41) is 8.94. The van der Waals surface area contributed by atoms with E-state index in [4.69, 9.17) is 9.84 Å². The Hall–Kier alpha value is -1.49. The Balaban J connectivity index is 2.36. The van der Waals surface area contributed by atoms with E-state index in [1.54, 1.807) is 0 Å². The highest BCUT2D eigenvalue weighted by Gasteiger charge is 2.26. The van der Waals surface area contributed by atoms with Crippen molar-refractivity contribution < 1.29 is 23.4 Å². The fraction of sp³-hybridized carbons (Fsp3) is 0.500. The average Bonchev–Trinajstić information content (AvgIpc) is 2.33. The van der Waals surface area contributed by atoms with E-state index < -0.39 is 24.2 Å². The van der Waals surface area contributed by atoms with Crippen LogP contribution in [0.1, 0.15) is 25.3 Å². The van der Waals surface area contributed by atoms with Crippen molar-refractivity contribution >= 4 is 5.97 Å². The van der Waals surface area contributed by atoms with Crippen LogP contribution < -0.4 is 0 Å². The molecule has 0 aliphatic rings. The van der Waals surface area contributed by atoms with E-state index in [1.807, 2.05) is 30.3 Å². The van der Waals surface area contributed by atoms with Crippen molar-refractivity contribution in [1.29, 1.82) is 0 Å². The molecule has 0 heterocycles. The van der Waals surface area contributed by atoms with Gasteiger partial charge in [0, 0.05) is 6.42 Å². The third kappa shape index (κ3) is 6.86. The molecule has 1 atom stereocenters. The van der Waals surface area contributed by atoms with E-state index in [2.05, 4.69) is 0 Å². The van der Waals surface area contributed by atoms with Crippen molar-refractivity contribution in [2.24, 2.45) is 5.92 Å². The molecule has 0 fully saturated rings. The number of benzene rings is 1. The van der Waals surface area contributed by atoms with Crippen LogP contribution in [0.25, 0.3) is 0 Å². The van der Waals surface area contributed by atoms with E-state index in [9.17, 15) is 13.6 Å². The Morgan fingerprint density at radius 2 is 2.00 bits per heavy atom. The average molecular weight is 272 g/mol. The first-order chi connectivity index (χ1) is 8.88. The van der Waals surface area contributed by atoms with Gasteiger partial charge in [0.1, 0.15) is 0 Å². The zero-order valence-electron chi connectivity index (χ0n) is 10.8. The molecule has 0 aliphatic carbocycles. The van der Waals surface area contributed by atoms with Gasteiger partial charge in [0.05, 0.1) is 19.1 Å². The normalized spacial score (nSPS) is 13.2. The molecule has 0 aliphatic heterocycles. The Bertz CT molecular complexity index is 387. The summed E-state index contributed by atoms with van der Waals surface area (Å²) in [6.45, 7) is 1.02. The SMILES string of the molecule is CC(F)(F)CC[C@@H](COCc1ccccc1)C(=O)O. The number of carboxylic acid groups (broad SMARTS) is 1. The number of alkyl halides is 2. The minimum Gasteiger partial charge on any atom is -0.481 e. The number of halogens is 2. The Kier molecular flexibility index (Phi) is 5.89. The highest BCUT2D eigenvalue weighted by Crippen LogP contribution is 2.22. The molecule has 1 N–H and O–H groups in total. The molecule has 5 heteroatoms. The monoisotopic (exact) mass is 272 g/mol. The third-order valence-corrected chi connectivity index (χ3v) is 2.71. The number of ether oxygens (including phenoxy) is 1. The van der Waals surface area contributed by atoms with Crippen molar-refractivity contribution in [2.45, 2.75) is 32.3 Å². The first-order valence-electron chi connectivity index (χ1n) is 6.11. The van der Waals surface area contributed by atoms with Gasteiger partial charge in [-0.25, -0.2) is 8.78 Å². The van der Waals surface area contributed by atoms with Crippen LogP contribution in [-0.2, 0) is 16.1 Å². The first kappa shape index (κ1) is 15.6. The van der Waals surface area contributed by atoms with Crippen molar-refractivity contribution in [2.75, 3.05) is 6.61 Å². The maximum Gasteiger partial charge on any atom is 0.308 e. The second kappa shape index (κ2) is 7.19. The standard InChI is InChI=1S/C14H18F2O3/c1-14(15,16)8-7-12(13(17)18)10-19-9-11-5-3-2-4-6-11/h2-6,12H,7-10H2,1H3,(H,17,18)/t12-/m0/s1. The summed E-state index contributed by atoms with van der Waals surface area (Å²) < 4.78 is 30.7. The predicted molar refractivity (Wildman–Crippen MR) is 67.1 cm³/mol. The van der Waals surface area contributed by atoms with E-state index in [-0.39, 0.29) is 19.6 Å². The van der Waals surface area contributed by atoms with Crippen molar-refractivity contribution in [3.8, 4) is 0 Å². The second-order valence-corrected chi connectivity index (χ2v) is 4.64. The van der Waals surface area contributed by atoms with Gasteiger partial charge in [0.15, 0.2) is 0 Å². The molecule has 19 heavy (non-hydrogen) atoms. The minimum absolute atomic E-state index is 0.0553. The summed E-state index contributed by atoms with van der Waals surface area (Å²) in [5.41, 5.74) is 0.924. The number of rotatable bonds is 8.